The molecule has 1 atom stereocenters. The van der Waals surface area contributed by atoms with Crippen molar-refractivity contribution < 1.29 is 0 Å². The van der Waals surface area contributed by atoms with Crippen LogP contribution in [0.3, 0.4) is 0 Å². The minimum Gasteiger partial charge on any atom is -0.330 e. The predicted molar refractivity (Wildman–Crippen MR) is 78.8 cm³/mol. The molecular formula is C17H30N2. The molecule has 5 rings (SSSR count). The number of hydrogen-bond donors (Lipinski definition) is 1. The summed E-state index contributed by atoms with van der Waals surface area (Å²) in [5, 5.41) is 0. The van der Waals surface area contributed by atoms with E-state index in [-0.39, 0.29) is 0 Å². The third kappa shape index (κ3) is 2.06. The summed E-state index contributed by atoms with van der Waals surface area (Å²) in [6, 6.07) is 0. The summed E-state index contributed by atoms with van der Waals surface area (Å²) in [6.07, 6.45) is 12.1. The Morgan fingerprint density at radius 1 is 1.05 bits per heavy atom. The van der Waals surface area contributed by atoms with Crippen LogP contribution in [0.15, 0.2) is 0 Å². The third-order valence-corrected chi connectivity index (χ3v) is 6.98. The molecule has 19 heavy (non-hydrogen) atoms. The highest BCUT2D eigenvalue weighted by Crippen LogP contribution is 2.63. The molecule has 0 spiro atoms. The van der Waals surface area contributed by atoms with Crippen molar-refractivity contribution in [3.63, 3.8) is 0 Å². The van der Waals surface area contributed by atoms with E-state index in [1.165, 1.54) is 25.9 Å². The lowest BCUT2D eigenvalue weighted by Gasteiger charge is -2.59. The standard InChI is InChI=1S/C17H30N2/c1-19-3-2-16(11-18,12-19)10-17-7-13-4-14(8-17)6-15(5-13)9-17/h13-15H,2-12,18H2,1H3. The Kier molecular flexibility index (Phi) is 2.80. The van der Waals surface area contributed by atoms with Gasteiger partial charge in [-0.2, -0.15) is 0 Å². The topological polar surface area (TPSA) is 29.3 Å². The second kappa shape index (κ2) is 4.21. The number of rotatable bonds is 3. The Labute approximate surface area is 118 Å². The van der Waals surface area contributed by atoms with E-state index in [2.05, 4.69) is 11.9 Å². The van der Waals surface area contributed by atoms with E-state index in [9.17, 15) is 0 Å². The SMILES string of the molecule is CN1CCC(CN)(CC23CC4CC(CC(C4)C2)C3)C1. The van der Waals surface area contributed by atoms with Crippen molar-refractivity contribution >= 4 is 0 Å². The van der Waals surface area contributed by atoms with Gasteiger partial charge in [-0.1, -0.05) is 0 Å². The Morgan fingerprint density at radius 2 is 1.63 bits per heavy atom. The van der Waals surface area contributed by atoms with E-state index in [0.29, 0.717) is 10.8 Å². The number of hydrogen-bond acceptors (Lipinski definition) is 2. The quantitative estimate of drug-likeness (QED) is 0.847. The van der Waals surface area contributed by atoms with Gasteiger partial charge in [0.15, 0.2) is 0 Å². The van der Waals surface area contributed by atoms with Gasteiger partial charge >= 0.3 is 0 Å². The lowest BCUT2D eigenvalue weighted by atomic mass is 9.47. The molecule has 108 valence electrons. The van der Waals surface area contributed by atoms with E-state index in [4.69, 9.17) is 5.73 Å². The van der Waals surface area contributed by atoms with Crippen LogP contribution in [0.2, 0.25) is 0 Å². The van der Waals surface area contributed by atoms with E-state index >= 15 is 0 Å². The fourth-order valence-electron chi connectivity index (χ4n) is 6.84. The molecule has 1 unspecified atom stereocenters. The molecule has 4 aliphatic carbocycles. The van der Waals surface area contributed by atoms with E-state index in [1.807, 2.05) is 0 Å². The zero-order chi connectivity index (χ0) is 13.1. The van der Waals surface area contributed by atoms with Gasteiger partial charge in [0.2, 0.25) is 0 Å². The summed E-state index contributed by atoms with van der Waals surface area (Å²) in [4.78, 5) is 2.51. The maximum absolute atomic E-state index is 6.23. The van der Waals surface area contributed by atoms with Gasteiger partial charge in [0.25, 0.3) is 0 Å². The van der Waals surface area contributed by atoms with Crippen LogP contribution in [0.1, 0.15) is 51.4 Å². The zero-order valence-corrected chi connectivity index (χ0v) is 12.5. The van der Waals surface area contributed by atoms with Crippen LogP contribution >= 0.6 is 0 Å². The third-order valence-electron chi connectivity index (χ3n) is 6.98. The minimum atomic E-state index is 0.459. The first-order valence-electron chi connectivity index (χ1n) is 8.49. The van der Waals surface area contributed by atoms with Crippen LogP contribution in [0.5, 0.6) is 0 Å². The number of nitrogens with zero attached hydrogens (tertiary/aromatic N) is 1. The van der Waals surface area contributed by atoms with Crippen LogP contribution in [-0.2, 0) is 0 Å². The van der Waals surface area contributed by atoms with Crippen LogP contribution < -0.4 is 5.73 Å². The first kappa shape index (κ1) is 12.6. The second-order valence-electron chi connectivity index (χ2n) is 8.79. The molecule has 0 amide bonds. The summed E-state index contributed by atoms with van der Waals surface area (Å²) < 4.78 is 0. The Hall–Kier alpha value is -0.0800. The average molecular weight is 262 g/mol. The Balaban J connectivity index is 1.55. The van der Waals surface area contributed by atoms with Crippen molar-refractivity contribution in [3.8, 4) is 0 Å². The highest BCUT2D eigenvalue weighted by Gasteiger charge is 2.53. The van der Waals surface area contributed by atoms with E-state index < -0.39 is 0 Å². The molecule has 4 bridgehead atoms. The summed E-state index contributed by atoms with van der Waals surface area (Å²) in [5.74, 6) is 3.25. The van der Waals surface area contributed by atoms with Crippen molar-refractivity contribution in [2.24, 2.45) is 34.3 Å². The summed E-state index contributed by atoms with van der Waals surface area (Å²) in [6.45, 7) is 3.44. The molecule has 1 aliphatic heterocycles. The van der Waals surface area contributed by atoms with Crippen molar-refractivity contribution in [3.05, 3.63) is 0 Å². The molecule has 0 aromatic heterocycles. The predicted octanol–water partition coefficient (Wildman–Crippen LogP) is 2.87. The fourth-order valence-corrected chi connectivity index (χ4v) is 6.84. The molecular weight excluding hydrogens is 232 g/mol. The van der Waals surface area contributed by atoms with Crippen LogP contribution in [-0.4, -0.2) is 31.6 Å². The first-order valence-corrected chi connectivity index (χ1v) is 8.49. The van der Waals surface area contributed by atoms with E-state index in [1.54, 1.807) is 38.5 Å². The maximum atomic E-state index is 6.23. The van der Waals surface area contributed by atoms with Gasteiger partial charge < -0.3 is 10.6 Å². The fraction of sp³-hybridized carbons (Fsp3) is 1.00. The van der Waals surface area contributed by atoms with Crippen molar-refractivity contribution in [2.45, 2.75) is 51.4 Å². The van der Waals surface area contributed by atoms with Crippen LogP contribution in [0, 0.1) is 28.6 Å². The Bertz CT molecular complexity index is 329. The largest absolute Gasteiger partial charge is 0.330 e. The summed E-state index contributed by atoms with van der Waals surface area (Å²) >= 11 is 0. The Morgan fingerprint density at radius 3 is 2.05 bits per heavy atom. The maximum Gasteiger partial charge on any atom is 0.00477 e. The smallest absolute Gasteiger partial charge is 0.00477 e. The summed E-state index contributed by atoms with van der Waals surface area (Å²) in [7, 11) is 2.27. The normalized spacial score (nSPS) is 53.1. The molecule has 4 saturated carbocycles. The van der Waals surface area contributed by atoms with Gasteiger partial charge in [-0.15, -0.1) is 0 Å². The number of likely N-dealkylation sites (tertiary alicyclic amines) is 1. The van der Waals surface area contributed by atoms with Crippen molar-refractivity contribution in [2.75, 3.05) is 26.7 Å². The van der Waals surface area contributed by atoms with Crippen LogP contribution in [0.25, 0.3) is 0 Å². The molecule has 1 heterocycles. The lowest BCUT2D eigenvalue weighted by Crippen LogP contribution is -2.49. The molecule has 0 radical (unpaired) electrons. The van der Waals surface area contributed by atoms with Crippen LogP contribution in [0.4, 0.5) is 0 Å². The highest BCUT2D eigenvalue weighted by molar-refractivity contribution is 5.05. The molecule has 0 aromatic rings. The van der Waals surface area contributed by atoms with Crippen molar-refractivity contribution in [1.29, 1.82) is 0 Å². The zero-order valence-electron chi connectivity index (χ0n) is 12.5. The van der Waals surface area contributed by atoms with Gasteiger partial charge in [-0.3, -0.25) is 0 Å². The van der Waals surface area contributed by atoms with Gasteiger partial charge in [0.1, 0.15) is 0 Å². The molecule has 2 N–H and O–H groups in total. The monoisotopic (exact) mass is 262 g/mol. The molecule has 2 nitrogen and oxygen atoms in total. The minimum absolute atomic E-state index is 0.459. The van der Waals surface area contributed by atoms with Gasteiger partial charge in [-0.05, 0) is 100 Å². The second-order valence-corrected chi connectivity index (χ2v) is 8.79. The molecule has 1 saturated heterocycles. The van der Waals surface area contributed by atoms with Gasteiger partial charge in [0.05, 0.1) is 0 Å². The first-order chi connectivity index (χ1) is 9.10. The highest BCUT2D eigenvalue weighted by atomic mass is 15.1. The molecule has 0 aromatic carbocycles. The lowest BCUT2D eigenvalue weighted by molar-refractivity contribution is -0.0760. The van der Waals surface area contributed by atoms with Gasteiger partial charge in [0, 0.05) is 6.54 Å². The average Bonchev–Trinajstić information content (AvgIpc) is 2.69. The van der Waals surface area contributed by atoms with Crippen molar-refractivity contribution in [1.82, 2.24) is 4.90 Å². The summed E-state index contributed by atoms with van der Waals surface area (Å²) in [5.41, 5.74) is 7.40. The van der Waals surface area contributed by atoms with Gasteiger partial charge in [-0.25, -0.2) is 0 Å². The number of nitrogens with two attached hydrogens (primary N) is 1. The molecule has 2 heteroatoms. The molecule has 5 fully saturated rings. The molecule has 5 aliphatic rings. The van der Waals surface area contributed by atoms with E-state index in [0.717, 1.165) is 24.3 Å².